The van der Waals surface area contributed by atoms with Crippen LogP contribution in [0.15, 0.2) is 30.3 Å². The molecule has 1 aromatic heterocycles. The van der Waals surface area contributed by atoms with Crippen molar-refractivity contribution in [1.82, 2.24) is 9.62 Å². The van der Waals surface area contributed by atoms with E-state index in [0.29, 0.717) is 43.3 Å². The van der Waals surface area contributed by atoms with Crippen molar-refractivity contribution in [3.8, 4) is 0 Å². The minimum Gasteiger partial charge on any atom is -0.379 e. The Balaban J connectivity index is 1.67. The van der Waals surface area contributed by atoms with Gasteiger partial charge in [-0.05, 0) is 36.1 Å². The van der Waals surface area contributed by atoms with Gasteiger partial charge >= 0.3 is 0 Å². The SMILES string of the molecule is CCCc1cc(C(=O)NCc2ccccc2CS(=O)(=O)N2CCOCC2)sc1C. The lowest BCUT2D eigenvalue weighted by atomic mass is 10.1. The Bertz CT molecular complexity index is 947. The molecule has 6 nitrogen and oxygen atoms in total. The molecule has 1 aromatic carbocycles. The van der Waals surface area contributed by atoms with Gasteiger partial charge < -0.3 is 10.1 Å². The zero-order chi connectivity index (χ0) is 20.9. The summed E-state index contributed by atoms with van der Waals surface area (Å²) in [6, 6.07) is 9.34. The summed E-state index contributed by atoms with van der Waals surface area (Å²) in [6.45, 7) is 6.09. The van der Waals surface area contributed by atoms with Crippen molar-refractivity contribution in [3.05, 3.63) is 56.8 Å². The molecule has 1 amide bonds. The number of aryl methyl sites for hydroxylation is 2. The number of thiophene rings is 1. The summed E-state index contributed by atoms with van der Waals surface area (Å²) in [5, 5.41) is 2.95. The van der Waals surface area contributed by atoms with Crippen molar-refractivity contribution in [2.24, 2.45) is 0 Å². The molecule has 1 N–H and O–H groups in total. The van der Waals surface area contributed by atoms with Gasteiger partial charge in [0.2, 0.25) is 10.0 Å². The summed E-state index contributed by atoms with van der Waals surface area (Å²) < 4.78 is 32.2. The van der Waals surface area contributed by atoms with Gasteiger partial charge in [-0.2, -0.15) is 4.31 Å². The average Bonchev–Trinajstić information content (AvgIpc) is 3.08. The molecule has 0 aliphatic carbocycles. The fourth-order valence-electron chi connectivity index (χ4n) is 3.40. The Morgan fingerprint density at radius 2 is 1.86 bits per heavy atom. The zero-order valence-electron chi connectivity index (χ0n) is 16.9. The highest BCUT2D eigenvalue weighted by Crippen LogP contribution is 2.23. The van der Waals surface area contributed by atoms with E-state index in [1.165, 1.54) is 26.1 Å². The van der Waals surface area contributed by atoms with Gasteiger partial charge in [-0.15, -0.1) is 11.3 Å². The number of amides is 1. The van der Waals surface area contributed by atoms with Gasteiger partial charge in [0.25, 0.3) is 5.91 Å². The quantitative estimate of drug-likeness (QED) is 0.690. The van der Waals surface area contributed by atoms with Crippen molar-refractivity contribution in [2.45, 2.75) is 39.0 Å². The summed E-state index contributed by atoms with van der Waals surface area (Å²) in [7, 11) is -3.42. The molecule has 0 spiro atoms. The topological polar surface area (TPSA) is 75.7 Å². The Kier molecular flexibility index (Phi) is 7.45. The van der Waals surface area contributed by atoms with E-state index in [0.717, 1.165) is 18.4 Å². The van der Waals surface area contributed by atoms with Crippen LogP contribution in [-0.4, -0.2) is 44.9 Å². The van der Waals surface area contributed by atoms with E-state index in [2.05, 4.69) is 12.2 Å². The molecule has 0 saturated carbocycles. The first-order valence-electron chi connectivity index (χ1n) is 9.90. The van der Waals surface area contributed by atoms with Gasteiger partial charge in [0.15, 0.2) is 0 Å². The highest BCUT2D eigenvalue weighted by atomic mass is 32.2. The van der Waals surface area contributed by atoms with Crippen LogP contribution in [0.5, 0.6) is 0 Å². The van der Waals surface area contributed by atoms with Gasteiger partial charge in [-0.3, -0.25) is 4.79 Å². The molecule has 1 saturated heterocycles. The van der Waals surface area contributed by atoms with E-state index < -0.39 is 10.0 Å². The predicted octanol–water partition coefficient (Wildman–Crippen LogP) is 3.10. The molecule has 8 heteroatoms. The summed E-state index contributed by atoms with van der Waals surface area (Å²) >= 11 is 1.50. The normalized spacial score (nSPS) is 15.4. The first kappa shape index (κ1) is 22.0. The lowest BCUT2D eigenvalue weighted by Crippen LogP contribution is -2.41. The minimum absolute atomic E-state index is 0.0716. The number of morpholine rings is 1. The van der Waals surface area contributed by atoms with Crippen LogP contribution in [0.2, 0.25) is 0 Å². The third-order valence-corrected chi connectivity index (χ3v) is 7.94. The number of hydrogen-bond donors (Lipinski definition) is 1. The first-order valence-corrected chi connectivity index (χ1v) is 12.3. The van der Waals surface area contributed by atoms with E-state index in [4.69, 9.17) is 4.74 Å². The van der Waals surface area contributed by atoms with Gasteiger partial charge in [0.1, 0.15) is 0 Å². The summed E-state index contributed by atoms with van der Waals surface area (Å²) in [5.41, 5.74) is 2.76. The molecular formula is C21H28N2O4S2. The smallest absolute Gasteiger partial charge is 0.261 e. The van der Waals surface area contributed by atoms with Gasteiger partial charge in [-0.1, -0.05) is 37.6 Å². The van der Waals surface area contributed by atoms with Crippen LogP contribution in [0.3, 0.4) is 0 Å². The van der Waals surface area contributed by atoms with E-state index in [9.17, 15) is 13.2 Å². The fraction of sp³-hybridized carbons (Fsp3) is 0.476. The lowest BCUT2D eigenvalue weighted by molar-refractivity contribution is 0.0729. The molecule has 2 aromatic rings. The van der Waals surface area contributed by atoms with Crippen molar-refractivity contribution in [2.75, 3.05) is 26.3 Å². The summed E-state index contributed by atoms with van der Waals surface area (Å²) in [5.74, 6) is -0.191. The third kappa shape index (κ3) is 5.66. The second-order valence-corrected chi connectivity index (χ2v) is 10.4. The van der Waals surface area contributed by atoms with Crippen LogP contribution in [0.25, 0.3) is 0 Å². The average molecular weight is 437 g/mol. The number of rotatable bonds is 8. The Labute approximate surface area is 176 Å². The molecular weight excluding hydrogens is 408 g/mol. The maximum Gasteiger partial charge on any atom is 0.261 e. The molecule has 0 bridgehead atoms. The van der Waals surface area contributed by atoms with Crippen LogP contribution in [0, 0.1) is 6.92 Å². The van der Waals surface area contributed by atoms with Crippen molar-refractivity contribution >= 4 is 27.3 Å². The predicted molar refractivity (Wildman–Crippen MR) is 116 cm³/mol. The highest BCUT2D eigenvalue weighted by molar-refractivity contribution is 7.88. The Hall–Kier alpha value is -1.74. The van der Waals surface area contributed by atoms with E-state index in [-0.39, 0.29) is 11.7 Å². The number of benzene rings is 1. The molecule has 1 fully saturated rings. The number of nitrogens with one attached hydrogen (secondary N) is 1. The van der Waals surface area contributed by atoms with E-state index in [1.54, 1.807) is 0 Å². The van der Waals surface area contributed by atoms with E-state index >= 15 is 0 Å². The Morgan fingerprint density at radius 3 is 2.55 bits per heavy atom. The molecule has 29 heavy (non-hydrogen) atoms. The first-order chi connectivity index (χ1) is 13.9. The van der Waals surface area contributed by atoms with Crippen LogP contribution < -0.4 is 5.32 Å². The summed E-state index contributed by atoms with van der Waals surface area (Å²) in [4.78, 5) is 14.5. The monoisotopic (exact) mass is 436 g/mol. The molecule has 2 heterocycles. The second-order valence-electron chi connectivity index (χ2n) is 7.16. The maximum absolute atomic E-state index is 12.8. The highest BCUT2D eigenvalue weighted by Gasteiger charge is 2.25. The van der Waals surface area contributed by atoms with E-state index in [1.807, 2.05) is 37.3 Å². The van der Waals surface area contributed by atoms with Gasteiger partial charge in [0, 0.05) is 24.5 Å². The molecule has 0 radical (unpaired) electrons. The van der Waals surface area contributed by atoms with Crippen LogP contribution >= 0.6 is 11.3 Å². The fourth-order valence-corrected chi connectivity index (χ4v) is 5.95. The molecule has 0 unspecified atom stereocenters. The van der Waals surface area contributed by atoms with Crippen LogP contribution in [-0.2, 0) is 33.5 Å². The Morgan fingerprint density at radius 1 is 1.17 bits per heavy atom. The third-order valence-electron chi connectivity index (χ3n) is 5.02. The van der Waals surface area contributed by atoms with Crippen molar-refractivity contribution in [3.63, 3.8) is 0 Å². The maximum atomic E-state index is 12.8. The van der Waals surface area contributed by atoms with Crippen molar-refractivity contribution in [1.29, 1.82) is 0 Å². The minimum atomic E-state index is -3.42. The molecule has 3 rings (SSSR count). The molecule has 0 atom stereocenters. The number of nitrogens with zero attached hydrogens (tertiary/aromatic N) is 1. The largest absolute Gasteiger partial charge is 0.379 e. The number of carbonyl (C=O) groups is 1. The lowest BCUT2D eigenvalue weighted by Gasteiger charge is -2.26. The van der Waals surface area contributed by atoms with Gasteiger partial charge in [-0.25, -0.2) is 8.42 Å². The van der Waals surface area contributed by atoms with Crippen LogP contribution in [0.1, 0.15) is 44.6 Å². The number of ether oxygens (including phenoxy) is 1. The zero-order valence-corrected chi connectivity index (χ0v) is 18.6. The standard InChI is InChI=1S/C21H28N2O4S2/c1-3-6-17-13-20(28-16(17)2)21(24)22-14-18-7-4-5-8-19(18)15-29(25,26)23-9-11-27-12-10-23/h4-5,7-8,13H,3,6,9-12,14-15H2,1-2H3,(H,22,24). The van der Waals surface area contributed by atoms with Crippen LogP contribution in [0.4, 0.5) is 0 Å². The molecule has 158 valence electrons. The molecule has 1 aliphatic rings. The molecule has 1 aliphatic heterocycles. The number of hydrogen-bond acceptors (Lipinski definition) is 5. The summed E-state index contributed by atoms with van der Waals surface area (Å²) in [6.07, 6.45) is 2.02. The number of sulfonamides is 1. The number of carbonyl (C=O) groups excluding carboxylic acids is 1. The van der Waals surface area contributed by atoms with Crippen molar-refractivity contribution < 1.29 is 17.9 Å². The van der Waals surface area contributed by atoms with Gasteiger partial charge in [0.05, 0.1) is 23.8 Å². The second kappa shape index (κ2) is 9.84.